The van der Waals surface area contributed by atoms with Crippen molar-refractivity contribution in [3.05, 3.63) is 23.4 Å². The fourth-order valence-electron chi connectivity index (χ4n) is 0.593. The Kier molecular flexibility index (Phi) is 2.15. The van der Waals surface area contributed by atoms with Crippen LogP contribution in [0.2, 0.25) is 5.02 Å². The highest BCUT2D eigenvalue weighted by Gasteiger charge is 2.02. The molecule has 0 aliphatic heterocycles. The van der Waals surface area contributed by atoms with Crippen LogP contribution in [0.3, 0.4) is 0 Å². The second-order valence-electron chi connectivity index (χ2n) is 2.16. The van der Waals surface area contributed by atoms with Crippen molar-refractivity contribution in [1.82, 2.24) is 4.98 Å². The molecule has 11 heavy (non-hydrogen) atoms. The average Bonchev–Trinajstić information content (AvgIpc) is 1.86. The Labute approximate surface area is 70.4 Å². The molecule has 0 saturated carbocycles. The molecule has 0 amide bonds. The molecule has 1 rings (SSSR count). The van der Waals surface area contributed by atoms with Crippen LogP contribution >= 0.6 is 11.6 Å². The number of nitrogens with one attached hydrogen (secondary N) is 1. The van der Waals surface area contributed by atoms with Gasteiger partial charge in [-0.2, -0.15) is 0 Å². The second kappa shape index (κ2) is 2.79. The SMILES string of the molecule is CS(=N)(=O)c1ccc(Cl)cn1. The highest BCUT2D eigenvalue weighted by Crippen LogP contribution is 2.10. The molecule has 0 saturated heterocycles. The van der Waals surface area contributed by atoms with Crippen LogP contribution in [0.4, 0.5) is 0 Å². The van der Waals surface area contributed by atoms with Crippen molar-refractivity contribution in [3.63, 3.8) is 0 Å². The number of hydrogen-bond acceptors (Lipinski definition) is 3. The molecule has 60 valence electrons. The molecule has 1 heterocycles. The summed E-state index contributed by atoms with van der Waals surface area (Å²) in [5.41, 5.74) is 0. The molecule has 0 aliphatic carbocycles. The van der Waals surface area contributed by atoms with E-state index in [4.69, 9.17) is 16.4 Å². The number of halogens is 1. The van der Waals surface area contributed by atoms with Crippen LogP contribution in [-0.2, 0) is 9.73 Å². The molecule has 3 nitrogen and oxygen atoms in total. The minimum Gasteiger partial charge on any atom is -0.248 e. The van der Waals surface area contributed by atoms with Crippen molar-refractivity contribution in [2.24, 2.45) is 0 Å². The topological polar surface area (TPSA) is 53.8 Å². The Balaban J connectivity index is 3.20. The van der Waals surface area contributed by atoms with Gasteiger partial charge in [0.05, 0.1) is 14.8 Å². The quantitative estimate of drug-likeness (QED) is 0.734. The smallest absolute Gasteiger partial charge is 0.135 e. The maximum absolute atomic E-state index is 11.1. The number of pyridine rings is 1. The first kappa shape index (κ1) is 8.49. The zero-order valence-corrected chi connectivity index (χ0v) is 7.45. The highest BCUT2D eigenvalue weighted by atomic mass is 35.5. The average molecular weight is 191 g/mol. The summed E-state index contributed by atoms with van der Waals surface area (Å²) in [4.78, 5) is 3.75. The van der Waals surface area contributed by atoms with Gasteiger partial charge < -0.3 is 0 Å². The van der Waals surface area contributed by atoms with Gasteiger partial charge in [0.15, 0.2) is 0 Å². The Morgan fingerprint density at radius 2 is 2.27 bits per heavy atom. The first-order valence-corrected chi connectivity index (χ1v) is 5.20. The van der Waals surface area contributed by atoms with Gasteiger partial charge in [0.25, 0.3) is 0 Å². The largest absolute Gasteiger partial charge is 0.248 e. The van der Waals surface area contributed by atoms with E-state index in [1.807, 2.05) is 0 Å². The van der Waals surface area contributed by atoms with Crippen molar-refractivity contribution < 1.29 is 4.21 Å². The fraction of sp³-hybridized carbons (Fsp3) is 0.167. The minimum atomic E-state index is -2.69. The Morgan fingerprint density at radius 1 is 1.64 bits per heavy atom. The number of rotatable bonds is 1. The van der Waals surface area contributed by atoms with Gasteiger partial charge in [0.1, 0.15) is 5.03 Å². The minimum absolute atomic E-state index is 0.266. The molecule has 1 atom stereocenters. The summed E-state index contributed by atoms with van der Waals surface area (Å²) in [6.45, 7) is 0. The summed E-state index contributed by atoms with van der Waals surface area (Å²) in [6.07, 6.45) is 2.71. The van der Waals surface area contributed by atoms with E-state index in [2.05, 4.69) is 4.98 Å². The maximum Gasteiger partial charge on any atom is 0.135 e. The lowest BCUT2D eigenvalue weighted by atomic mass is 10.5. The van der Waals surface area contributed by atoms with Crippen molar-refractivity contribution in [1.29, 1.82) is 4.78 Å². The van der Waals surface area contributed by atoms with Crippen molar-refractivity contribution in [2.45, 2.75) is 5.03 Å². The summed E-state index contributed by atoms with van der Waals surface area (Å²) >= 11 is 5.55. The van der Waals surface area contributed by atoms with E-state index in [1.165, 1.54) is 18.5 Å². The van der Waals surface area contributed by atoms with Crippen molar-refractivity contribution in [2.75, 3.05) is 6.26 Å². The monoisotopic (exact) mass is 190 g/mol. The molecule has 0 bridgehead atoms. The van der Waals surface area contributed by atoms with Crippen LogP contribution < -0.4 is 0 Å². The molecule has 1 N–H and O–H groups in total. The molecule has 0 aromatic carbocycles. The van der Waals surface area contributed by atoms with Crippen LogP contribution in [0.5, 0.6) is 0 Å². The van der Waals surface area contributed by atoms with Gasteiger partial charge in [-0.25, -0.2) is 14.0 Å². The summed E-state index contributed by atoms with van der Waals surface area (Å²) in [6, 6.07) is 3.07. The van der Waals surface area contributed by atoms with E-state index in [1.54, 1.807) is 6.07 Å². The molecule has 0 radical (unpaired) electrons. The molecule has 0 spiro atoms. The molecule has 1 aromatic heterocycles. The van der Waals surface area contributed by atoms with Gasteiger partial charge in [-0.15, -0.1) is 0 Å². The molecular weight excluding hydrogens is 184 g/mol. The van der Waals surface area contributed by atoms with Gasteiger partial charge in [0, 0.05) is 12.5 Å². The molecule has 1 aromatic rings. The van der Waals surface area contributed by atoms with Gasteiger partial charge in [-0.3, -0.25) is 0 Å². The van der Waals surface area contributed by atoms with Gasteiger partial charge in [-0.05, 0) is 12.1 Å². The van der Waals surface area contributed by atoms with Crippen molar-refractivity contribution >= 4 is 21.3 Å². The highest BCUT2D eigenvalue weighted by molar-refractivity contribution is 7.91. The normalized spacial score (nSPS) is 15.8. The first-order valence-electron chi connectivity index (χ1n) is 2.85. The third-order valence-electron chi connectivity index (χ3n) is 1.10. The maximum atomic E-state index is 11.1. The predicted molar refractivity (Wildman–Crippen MR) is 44.3 cm³/mol. The predicted octanol–water partition coefficient (Wildman–Crippen LogP) is 1.77. The van der Waals surface area contributed by atoms with E-state index in [-0.39, 0.29) is 5.03 Å². The molecule has 5 heteroatoms. The number of nitrogens with zero attached hydrogens (tertiary/aromatic N) is 1. The molecular formula is C6H7ClN2OS. The first-order chi connectivity index (χ1) is 5.00. The lowest BCUT2D eigenvalue weighted by Gasteiger charge is -1.97. The Morgan fingerprint density at radius 3 is 2.64 bits per heavy atom. The van der Waals surface area contributed by atoms with E-state index < -0.39 is 9.73 Å². The molecule has 0 aliphatic rings. The lowest BCUT2D eigenvalue weighted by Crippen LogP contribution is -1.96. The number of hydrogen-bond donors (Lipinski definition) is 1. The summed E-state index contributed by atoms with van der Waals surface area (Å²) < 4.78 is 18.2. The summed E-state index contributed by atoms with van der Waals surface area (Å²) in [5, 5.41) is 0.749. The third kappa shape index (κ3) is 2.17. The zero-order chi connectivity index (χ0) is 8.48. The van der Waals surface area contributed by atoms with Gasteiger partial charge in [-0.1, -0.05) is 11.6 Å². The number of aromatic nitrogens is 1. The molecule has 0 fully saturated rings. The van der Waals surface area contributed by atoms with Crippen LogP contribution in [0, 0.1) is 4.78 Å². The zero-order valence-electron chi connectivity index (χ0n) is 5.87. The van der Waals surface area contributed by atoms with Crippen LogP contribution in [0.25, 0.3) is 0 Å². The summed E-state index contributed by atoms with van der Waals surface area (Å²) in [5.74, 6) is 0. The lowest BCUT2D eigenvalue weighted by molar-refractivity contribution is 0.676. The Bertz CT molecular complexity index is 343. The Hall–Kier alpha value is -0.610. The van der Waals surface area contributed by atoms with E-state index in [0.29, 0.717) is 5.02 Å². The third-order valence-corrected chi connectivity index (χ3v) is 2.36. The molecule has 1 unspecified atom stereocenters. The van der Waals surface area contributed by atoms with Crippen LogP contribution in [-0.4, -0.2) is 15.4 Å². The van der Waals surface area contributed by atoms with E-state index >= 15 is 0 Å². The van der Waals surface area contributed by atoms with Crippen LogP contribution in [0.15, 0.2) is 23.4 Å². The second-order valence-corrected chi connectivity index (χ2v) is 4.70. The van der Waals surface area contributed by atoms with Gasteiger partial charge >= 0.3 is 0 Å². The standard InChI is InChI=1S/C6H7ClN2OS/c1-11(8,10)6-3-2-5(7)4-9-6/h2-4,8H,1H3. The van der Waals surface area contributed by atoms with E-state index in [9.17, 15) is 4.21 Å². The van der Waals surface area contributed by atoms with E-state index in [0.717, 1.165) is 0 Å². The van der Waals surface area contributed by atoms with Gasteiger partial charge in [0.2, 0.25) is 0 Å². The fourth-order valence-corrected chi connectivity index (χ4v) is 1.29. The summed E-state index contributed by atoms with van der Waals surface area (Å²) in [7, 11) is -2.69. The van der Waals surface area contributed by atoms with Crippen LogP contribution in [0.1, 0.15) is 0 Å². The van der Waals surface area contributed by atoms with Crippen molar-refractivity contribution in [3.8, 4) is 0 Å².